The van der Waals surface area contributed by atoms with Crippen molar-refractivity contribution in [3.8, 4) is 11.1 Å². The van der Waals surface area contributed by atoms with Gasteiger partial charge in [-0.2, -0.15) is 0 Å². The van der Waals surface area contributed by atoms with Gasteiger partial charge in [0, 0.05) is 36.9 Å². The van der Waals surface area contributed by atoms with Crippen LogP contribution >= 0.6 is 0 Å². The summed E-state index contributed by atoms with van der Waals surface area (Å²) in [5, 5.41) is 50.1. The Morgan fingerprint density at radius 1 is 0.654 bits per heavy atom. The molecule has 2 fully saturated rings. The van der Waals surface area contributed by atoms with Gasteiger partial charge in [0.25, 0.3) is 11.8 Å². The quantitative estimate of drug-likeness (QED) is 0.0799. The topological polar surface area (TPSA) is 189 Å². The molecule has 0 unspecified atom stereocenters. The van der Waals surface area contributed by atoms with E-state index in [0.29, 0.717) is 47.7 Å². The van der Waals surface area contributed by atoms with Crippen LogP contribution in [0.2, 0.25) is 0 Å². The molecule has 0 atom stereocenters. The van der Waals surface area contributed by atoms with E-state index in [-0.39, 0.29) is 38.2 Å². The van der Waals surface area contributed by atoms with Gasteiger partial charge in [-0.3, -0.25) is 19.6 Å². The molecule has 2 aliphatic rings. The van der Waals surface area contributed by atoms with Crippen LogP contribution < -0.4 is 21.3 Å². The van der Waals surface area contributed by atoms with Gasteiger partial charge in [-0.15, -0.1) is 0 Å². The summed E-state index contributed by atoms with van der Waals surface area (Å²) in [6, 6.07) is 14.3. The molecule has 2 aliphatic carbocycles. The van der Waals surface area contributed by atoms with E-state index >= 15 is 0 Å². The van der Waals surface area contributed by atoms with E-state index in [2.05, 4.69) is 31.2 Å². The predicted octanol–water partition coefficient (Wildman–Crippen LogP) is 3.91. The van der Waals surface area contributed by atoms with Crippen molar-refractivity contribution in [2.45, 2.75) is 76.5 Å². The number of aliphatic hydroxyl groups is 4. The molecule has 52 heavy (non-hydrogen) atoms. The van der Waals surface area contributed by atoms with Crippen LogP contribution in [0, 0.1) is 13.8 Å². The Labute approximate surface area is 303 Å². The minimum atomic E-state index is -0.422. The zero-order chi connectivity index (χ0) is 36.8. The first-order chi connectivity index (χ1) is 25.2. The fraction of sp³-hybridized carbons (Fsp3) is 0.400. The molecule has 0 saturated heterocycles. The number of hydrogen-bond acceptors (Lipinski definition) is 10. The van der Waals surface area contributed by atoms with Gasteiger partial charge in [0.05, 0.1) is 38.5 Å². The van der Waals surface area contributed by atoms with E-state index in [0.717, 1.165) is 70.2 Å². The molecule has 12 nitrogen and oxygen atoms in total. The number of hydrogen-bond donors (Lipinski definition) is 8. The Hall–Kier alpha value is -4.56. The number of nitrogens with zero attached hydrogens (tertiary/aromatic N) is 2. The lowest BCUT2D eigenvalue weighted by Gasteiger charge is -2.18. The first-order valence-corrected chi connectivity index (χ1v) is 17.9. The van der Waals surface area contributed by atoms with Gasteiger partial charge in [-0.05, 0) is 120 Å². The Balaban J connectivity index is 1.17. The Kier molecular flexibility index (Phi) is 12.1. The van der Waals surface area contributed by atoms with Gasteiger partial charge >= 0.3 is 0 Å². The average Bonchev–Trinajstić information content (AvgIpc) is 4.09. The Morgan fingerprint density at radius 3 is 1.38 bits per heavy atom. The summed E-state index contributed by atoms with van der Waals surface area (Å²) in [5.41, 5.74) is 9.53. The molecule has 0 spiro atoms. The number of pyridine rings is 2. The second kappa shape index (κ2) is 16.8. The fourth-order valence-electron chi connectivity index (χ4n) is 6.47. The Bertz CT molecular complexity index is 1760. The lowest BCUT2D eigenvalue weighted by Crippen LogP contribution is -2.35. The molecule has 0 radical (unpaired) electrons. The highest BCUT2D eigenvalue weighted by Gasteiger charge is 2.29. The number of rotatable bonds is 17. The summed E-state index contributed by atoms with van der Waals surface area (Å²) in [4.78, 5) is 36.0. The molecule has 2 heterocycles. The van der Waals surface area contributed by atoms with Crippen molar-refractivity contribution in [1.82, 2.24) is 20.6 Å². The van der Waals surface area contributed by atoms with Gasteiger partial charge in [0.2, 0.25) is 0 Å². The number of nitrogens with one attached hydrogen (secondary N) is 4. The largest absolute Gasteiger partial charge is 0.395 e. The van der Waals surface area contributed by atoms with Crippen LogP contribution in [0.1, 0.15) is 91.9 Å². The van der Waals surface area contributed by atoms with Crippen molar-refractivity contribution in [2.24, 2.45) is 0 Å². The van der Waals surface area contributed by atoms with E-state index in [4.69, 9.17) is 0 Å². The van der Waals surface area contributed by atoms with Crippen LogP contribution in [-0.2, 0) is 13.1 Å². The van der Waals surface area contributed by atoms with Crippen LogP contribution in [-0.4, -0.2) is 80.7 Å². The minimum absolute atomic E-state index is 0.174. The van der Waals surface area contributed by atoms with E-state index < -0.39 is 12.1 Å². The number of carbonyl (C=O) groups excluding carboxylic acids is 2. The lowest BCUT2D eigenvalue weighted by molar-refractivity contribution is 0.101. The molecule has 0 aliphatic heterocycles. The molecular weight excluding hydrogens is 660 g/mol. The fourth-order valence-corrected chi connectivity index (χ4v) is 6.47. The normalized spacial score (nSPS) is 14.2. The molecule has 2 aromatic heterocycles. The van der Waals surface area contributed by atoms with Gasteiger partial charge in [-0.25, -0.2) is 0 Å². The second-order valence-electron chi connectivity index (χ2n) is 13.8. The van der Waals surface area contributed by atoms with Crippen molar-refractivity contribution in [3.05, 3.63) is 106 Å². The summed E-state index contributed by atoms with van der Waals surface area (Å²) in [7, 11) is 0. The predicted molar refractivity (Wildman–Crippen MR) is 199 cm³/mol. The van der Waals surface area contributed by atoms with E-state index in [1.54, 1.807) is 12.4 Å². The van der Waals surface area contributed by atoms with Crippen LogP contribution in [0.25, 0.3) is 11.1 Å². The first-order valence-electron chi connectivity index (χ1n) is 17.9. The molecule has 6 rings (SSSR count). The summed E-state index contributed by atoms with van der Waals surface area (Å²) in [6.07, 6.45) is 7.58. The number of aliphatic hydroxyl groups excluding tert-OH is 4. The Morgan fingerprint density at radius 2 is 1.04 bits per heavy atom. The number of anilines is 2. The third-order valence-corrected chi connectivity index (χ3v) is 10.0. The van der Waals surface area contributed by atoms with Gasteiger partial charge in [-0.1, -0.05) is 24.3 Å². The van der Waals surface area contributed by atoms with Crippen LogP contribution in [0.15, 0.2) is 60.9 Å². The van der Waals surface area contributed by atoms with Crippen LogP contribution in [0.4, 0.5) is 11.4 Å². The highest BCUT2D eigenvalue weighted by atomic mass is 16.3. The number of aromatic nitrogens is 2. The summed E-state index contributed by atoms with van der Waals surface area (Å²) in [5.74, 6) is 0.0998. The maximum Gasteiger partial charge on any atom is 0.274 e. The number of carbonyl (C=O) groups is 2. The highest BCUT2D eigenvalue weighted by Crippen LogP contribution is 2.43. The minimum Gasteiger partial charge on any atom is -0.395 e. The molecule has 274 valence electrons. The van der Waals surface area contributed by atoms with Crippen molar-refractivity contribution in [3.63, 3.8) is 0 Å². The summed E-state index contributed by atoms with van der Waals surface area (Å²) >= 11 is 0. The van der Waals surface area contributed by atoms with Crippen LogP contribution in [0.3, 0.4) is 0 Å². The first kappa shape index (κ1) is 37.2. The number of amides is 2. The highest BCUT2D eigenvalue weighted by molar-refractivity contribution is 6.05. The van der Waals surface area contributed by atoms with Gasteiger partial charge < -0.3 is 41.7 Å². The molecular formula is C40H48N6O6. The lowest BCUT2D eigenvalue weighted by atomic mass is 9.94. The van der Waals surface area contributed by atoms with E-state index in [9.17, 15) is 30.0 Å². The van der Waals surface area contributed by atoms with E-state index in [1.165, 1.54) is 0 Å². The third-order valence-electron chi connectivity index (χ3n) is 10.0. The molecule has 2 amide bonds. The SMILES string of the molecule is Cc1c(NC(=O)c2cc(C3CC3)c(CNC(CO)CO)cn2)cccc1-c1cccc(NC(=O)c2cc(C3CC3)c(CNC(CO)CO)cn2)c1C. The summed E-state index contributed by atoms with van der Waals surface area (Å²) in [6.45, 7) is 4.09. The van der Waals surface area contributed by atoms with Crippen molar-refractivity contribution >= 4 is 23.2 Å². The van der Waals surface area contributed by atoms with Crippen molar-refractivity contribution < 1.29 is 30.0 Å². The standard InChI is InChI=1S/C40H48N6O6/c1-23-31(5-3-7-35(23)45-39(51)37-13-33(25-9-10-25)27(17-43-37)15-41-29(19-47)20-48)32-6-4-8-36(24(32)2)46-40(52)38-14-34(26-11-12-26)28(18-44-38)16-42-30(21-49)22-50/h3-8,13-14,17-18,25-26,29-30,41-42,47-50H,9-12,15-16,19-22H2,1-2H3,(H,45,51)(H,46,52). The second-order valence-corrected chi connectivity index (χ2v) is 13.8. The maximum absolute atomic E-state index is 13.5. The molecule has 12 heteroatoms. The molecule has 2 saturated carbocycles. The van der Waals surface area contributed by atoms with Crippen molar-refractivity contribution in [1.29, 1.82) is 0 Å². The smallest absolute Gasteiger partial charge is 0.274 e. The van der Waals surface area contributed by atoms with Crippen molar-refractivity contribution in [2.75, 3.05) is 37.1 Å². The summed E-state index contributed by atoms with van der Waals surface area (Å²) < 4.78 is 0. The van der Waals surface area contributed by atoms with Gasteiger partial charge in [0.15, 0.2) is 0 Å². The maximum atomic E-state index is 13.5. The molecule has 0 bridgehead atoms. The zero-order valence-corrected chi connectivity index (χ0v) is 29.7. The molecule has 2 aromatic carbocycles. The molecule has 4 aromatic rings. The van der Waals surface area contributed by atoms with E-state index in [1.807, 2.05) is 62.4 Å². The zero-order valence-electron chi connectivity index (χ0n) is 29.7. The van der Waals surface area contributed by atoms with Gasteiger partial charge in [0.1, 0.15) is 11.4 Å². The third kappa shape index (κ3) is 8.72. The average molecular weight is 709 g/mol. The van der Waals surface area contributed by atoms with Crippen LogP contribution in [0.5, 0.6) is 0 Å². The monoisotopic (exact) mass is 708 g/mol. The number of benzene rings is 2. The molecule has 8 N–H and O–H groups in total.